The largest absolute Gasteiger partial charge is 0.497 e. The van der Waals surface area contributed by atoms with Crippen LogP contribution in [0.15, 0.2) is 60.7 Å². The van der Waals surface area contributed by atoms with E-state index in [1.54, 1.807) is 49.6 Å². The zero-order valence-electron chi connectivity index (χ0n) is 14.7. The van der Waals surface area contributed by atoms with E-state index in [2.05, 4.69) is 16.7 Å². The van der Waals surface area contributed by atoms with Crippen LogP contribution in [0.5, 0.6) is 5.75 Å². The second kappa shape index (κ2) is 8.34. The van der Waals surface area contributed by atoms with Crippen LogP contribution in [0.3, 0.4) is 0 Å². The Morgan fingerprint density at radius 1 is 1.04 bits per heavy atom. The molecule has 2 aromatic rings. The van der Waals surface area contributed by atoms with Crippen LogP contribution in [0, 0.1) is 5.92 Å². The fourth-order valence-electron chi connectivity index (χ4n) is 2.96. The van der Waals surface area contributed by atoms with Gasteiger partial charge in [-0.15, -0.1) is 0 Å². The van der Waals surface area contributed by atoms with Gasteiger partial charge in [0.1, 0.15) is 5.75 Å². The van der Waals surface area contributed by atoms with Crippen molar-refractivity contribution in [2.24, 2.45) is 5.92 Å². The number of allylic oxidation sites excluding steroid dienone is 2. The lowest BCUT2D eigenvalue weighted by Crippen LogP contribution is -2.25. The Balaban J connectivity index is 1.74. The Bertz CT molecular complexity index is 830. The highest BCUT2D eigenvalue weighted by Gasteiger charge is 2.20. The molecule has 5 heteroatoms. The van der Waals surface area contributed by atoms with Crippen LogP contribution in [0.1, 0.15) is 29.6 Å². The predicted molar refractivity (Wildman–Crippen MR) is 102 cm³/mol. The maximum atomic E-state index is 12.7. The molecule has 0 bridgehead atoms. The van der Waals surface area contributed by atoms with Crippen molar-refractivity contribution in [2.45, 2.75) is 19.3 Å². The molecule has 2 aromatic carbocycles. The minimum atomic E-state index is -0.280. The smallest absolute Gasteiger partial charge is 0.257 e. The van der Waals surface area contributed by atoms with Crippen LogP contribution >= 0.6 is 0 Å². The fourth-order valence-corrected chi connectivity index (χ4v) is 2.96. The molecule has 26 heavy (non-hydrogen) atoms. The minimum absolute atomic E-state index is 0.0454. The molecule has 5 nitrogen and oxygen atoms in total. The first-order valence-electron chi connectivity index (χ1n) is 8.67. The number of methoxy groups -OCH3 is 1. The van der Waals surface area contributed by atoms with Gasteiger partial charge < -0.3 is 15.4 Å². The number of hydrogen-bond donors (Lipinski definition) is 2. The summed E-state index contributed by atoms with van der Waals surface area (Å²) in [7, 11) is 1.58. The lowest BCUT2D eigenvalue weighted by Gasteiger charge is -2.18. The Hall–Kier alpha value is -3.08. The molecule has 0 radical (unpaired) electrons. The third-order valence-corrected chi connectivity index (χ3v) is 4.40. The van der Waals surface area contributed by atoms with Crippen molar-refractivity contribution in [1.29, 1.82) is 0 Å². The summed E-state index contributed by atoms with van der Waals surface area (Å²) >= 11 is 0. The summed E-state index contributed by atoms with van der Waals surface area (Å²) in [6.07, 6.45) is 6.62. The van der Waals surface area contributed by atoms with Gasteiger partial charge in [0, 0.05) is 17.7 Å². The van der Waals surface area contributed by atoms with Gasteiger partial charge in [0.2, 0.25) is 5.91 Å². The number of benzene rings is 2. The van der Waals surface area contributed by atoms with Gasteiger partial charge in [-0.05, 0) is 43.5 Å². The van der Waals surface area contributed by atoms with Crippen LogP contribution in [-0.2, 0) is 4.79 Å². The molecule has 0 saturated carbocycles. The van der Waals surface area contributed by atoms with Gasteiger partial charge in [0.05, 0.1) is 18.4 Å². The van der Waals surface area contributed by atoms with Gasteiger partial charge >= 0.3 is 0 Å². The number of rotatable bonds is 5. The molecule has 2 amide bonds. The van der Waals surface area contributed by atoms with E-state index < -0.39 is 0 Å². The maximum Gasteiger partial charge on any atom is 0.257 e. The molecule has 0 heterocycles. The number of amides is 2. The van der Waals surface area contributed by atoms with Crippen LogP contribution in [-0.4, -0.2) is 18.9 Å². The van der Waals surface area contributed by atoms with Crippen molar-refractivity contribution in [1.82, 2.24) is 0 Å². The lowest BCUT2D eigenvalue weighted by atomic mass is 9.93. The van der Waals surface area contributed by atoms with Gasteiger partial charge in [-0.3, -0.25) is 9.59 Å². The average molecular weight is 350 g/mol. The lowest BCUT2D eigenvalue weighted by molar-refractivity contribution is -0.120. The molecule has 3 rings (SSSR count). The van der Waals surface area contributed by atoms with Crippen LogP contribution in [0.25, 0.3) is 0 Å². The number of ether oxygens (including phenoxy) is 1. The van der Waals surface area contributed by atoms with Crippen LogP contribution < -0.4 is 15.4 Å². The summed E-state index contributed by atoms with van der Waals surface area (Å²) in [6.45, 7) is 0. The van der Waals surface area contributed by atoms with E-state index in [-0.39, 0.29) is 17.7 Å². The number of hydrogen-bond acceptors (Lipinski definition) is 3. The number of nitrogens with one attached hydrogen (secondary N) is 2. The molecule has 0 aliphatic heterocycles. The summed E-state index contributed by atoms with van der Waals surface area (Å²) in [5, 5.41) is 5.76. The highest BCUT2D eigenvalue weighted by molar-refractivity contribution is 6.10. The van der Waals surface area contributed by atoms with Crippen molar-refractivity contribution in [3.05, 3.63) is 66.2 Å². The zero-order chi connectivity index (χ0) is 18.4. The highest BCUT2D eigenvalue weighted by Crippen LogP contribution is 2.23. The highest BCUT2D eigenvalue weighted by atomic mass is 16.5. The third-order valence-electron chi connectivity index (χ3n) is 4.40. The molecular formula is C21H22N2O3. The Morgan fingerprint density at radius 3 is 2.65 bits per heavy atom. The SMILES string of the molecule is COc1cccc(NC(=O)c2ccccc2NC(=O)C2CC=CCC2)c1. The number of para-hydroxylation sites is 1. The first-order valence-corrected chi connectivity index (χ1v) is 8.67. The normalized spacial score (nSPS) is 16.0. The molecule has 0 saturated heterocycles. The Kier molecular flexibility index (Phi) is 5.69. The predicted octanol–water partition coefficient (Wildman–Crippen LogP) is 4.24. The summed E-state index contributed by atoms with van der Waals surface area (Å²) in [6, 6.07) is 14.2. The van der Waals surface area contributed by atoms with Crippen molar-refractivity contribution in [3.63, 3.8) is 0 Å². The molecule has 0 aromatic heterocycles. The first kappa shape index (κ1) is 17.7. The van der Waals surface area contributed by atoms with Crippen molar-refractivity contribution < 1.29 is 14.3 Å². The minimum Gasteiger partial charge on any atom is -0.497 e. The topological polar surface area (TPSA) is 67.4 Å². The maximum absolute atomic E-state index is 12.7. The van der Waals surface area contributed by atoms with E-state index >= 15 is 0 Å². The summed E-state index contributed by atoms with van der Waals surface area (Å²) < 4.78 is 5.17. The van der Waals surface area contributed by atoms with Gasteiger partial charge in [-0.1, -0.05) is 30.4 Å². The van der Waals surface area contributed by atoms with Crippen molar-refractivity contribution >= 4 is 23.2 Å². The van der Waals surface area contributed by atoms with E-state index in [0.29, 0.717) is 22.7 Å². The Morgan fingerprint density at radius 2 is 1.88 bits per heavy atom. The fraction of sp³-hybridized carbons (Fsp3) is 0.238. The average Bonchev–Trinajstić information content (AvgIpc) is 2.69. The summed E-state index contributed by atoms with van der Waals surface area (Å²) in [4.78, 5) is 25.2. The van der Waals surface area contributed by atoms with Gasteiger partial charge in [-0.2, -0.15) is 0 Å². The van der Waals surface area contributed by atoms with Crippen LogP contribution in [0.4, 0.5) is 11.4 Å². The first-order chi connectivity index (χ1) is 12.7. The number of carbonyl (C=O) groups is 2. The van der Waals surface area contributed by atoms with Crippen LogP contribution in [0.2, 0.25) is 0 Å². The van der Waals surface area contributed by atoms with Gasteiger partial charge in [0.25, 0.3) is 5.91 Å². The molecule has 134 valence electrons. The molecule has 1 unspecified atom stereocenters. The zero-order valence-corrected chi connectivity index (χ0v) is 14.7. The van der Waals surface area contributed by atoms with Crippen molar-refractivity contribution in [3.8, 4) is 5.75 Å². The van der Waals surface area contributed by atoms with E-state index in [4.69, 9.17) is 4.74 Å². The van der Waals surface area contributed by atoms with E-state index in [1.165, 1.54) is 0 Å². The van der Waals surface area contributed by atoms with E-state index in [0.717, 1.165) is 19.3 Å². The second-order valence-corrected chi connectivity index (χ2v) is 6.20. The molecular weight excluding hydrogens is 328 g/mol. The quantitative estimate of drug-likeness (QED) is 0.793. The third kappa shape index (κ3) is 4.30. The van der Waals surface area contributed by atoms with Crippen molar-refractivity contribution in [2.75, 3.05) is 17.7 Å². The Labute approximate surface area is 153 Å². The number of carbonyl (C=O) groups excluding carboxylic acids is 2. The van der Waals surface area contributed by atoms with E-state index in [1.807, 2.05) is 12.1 Å². The van der Waals surface area contributed by atoms with E-state index in [9.17, 15) is 9.59 Å². The summed E-state index contributed by atoms with van der Waals surface area (Å²) in [5.74, 6) is 0.290. The molecule has 2 N–H and O–H groups in total. The molecule has 0 spiro atoms. The second-order valence-electron chi connectivity index (χ2n) is 6.20. The standard InChI is InChI=1S/C21H22N2O3/c1-26-17-11-7-10-16(14-17)22-21(25)18-12-5-6-13-19(18)23-20(24)15-8-3-2-4-9-15/h2-3,5-7,10-15H,4,8-9H2,1H3,(H,22,25)(H,23,24). The molecule has 1 aliphatic rings. The molecule has 1 aliphatic carbocycles. The summed E-state index contributed by atoms with van der Waals surface area (Å²) in [5.41, 5.74) is 1.58. The molecule has 1 atom stereocenters. The monoisotopic (exact) mass is 350 g/mol. The van der Waals surface area contributed by atoms with Gasteiger partial charge in [-0.25, -0.2) is 0 Å². The number of anilines is 2. The van der Waals surface area contributed by atoms with Gasteiger partial charge in [0.15, 0.2) is 0 Å². The molecule has 0 fully saturated rings.